The van der Waals surface area contributed by atoms with Crippen molar-refractivity contribution in [3.63, 3.8) is 0 Å². The molecule has 6 nitrogen and oxygen atoms in total. The van der Waals surface area contributed by atoms with Crippen LogP contribution in [0.4, 0.5) is 0 Å². The van der Waals surface area contributed by atoms with Crippen LogP contribution in [0.3, 0.4) is 0 Å². The molecule has 4 aromatic rings. The van der Waals surface area contributed by atoms with Gasteiger partial charge in [-0.2, -0.15) is 0 Å². The molecule has 0 spiro atoms. The van der Waals surface area contributed by atoms with Crippen molar-refractivity contribution in [1.82, 2.24) is 15.4 Å². The topological polar surface area (TPSA) is 78.1 Å². The van der Waals surface area contributed by atoms with Crippen LogP contribution in [0.5, 0.6) is 0 Å². The van der Waals surface area contributed by atoms with E-state index in [4.69, 9.17) is 13.4 Å². The van der Waals surface area contributed by atoms with Crippen LogP contribution in [0, 0.1) is 5.92 Å². The molecule has 0 saturated heterocycles. The first-order chi connectivity index (χ1) is 13.2. The molecular formula is C19H17N3O3S2. The number of aromatic nitrogens is 3. The van der Waals surface area contributed by atoms with Crippen molar-refractivity contribution in [3.05, 3.63) is 46.7 Å². The number of nitrogens with zero attached hydrogens (tertiary/aromatic N) is 3. The first-order valence-corrected chi connectivity index (χ1v) is 10.6. The minimum absolute atomic E-state index is 0.535. The maximum absolute atomic E-state index is 5.85. The van der Waals surface area contributed by atoms with Crippen molar-refractivity contribution < 1.29 is 13.4 Å². The second kappa shape index (κ2) is 7.01. The second-order valence-corrected chi connectivity index (χ2v) is 8.79. The van der Waals surface area contributed by atoms with E-state index in [0.717, 1.165) is 29.3 Å². The minimum atomic E-state index is 0.535. The second-order valence-electron chi connectivity index (χ2n) is 6.73. The maximum atomic E-state index is 5.85. The van der Waals surface area contributed by atoms with Crippen molar-refractivity contribution in [3.8, 4) is 22.3 Å². The van der Waals surface area contributed by atoms with E-state index in [-0.39, 0.29) is 0 Å². The van der Waals surface area contributed by atoms with Crippen molar-refractivity contribution in [2.75, 3.05) is 0 Å². The highest BCUT2D eigenvalue weighted by Gasteiger charge is 2.21. The van der Waals surface area contributed by atoms with Gasteiger partial charge in [-0.1, -0.05) is 23.8 Å². The molecular weight excluding hydrogens is 382 g/mol. The van der Waals surface area contributed by atoms with Crippen molar-refractivity contribution in [1.29, 1.82) is 0 Å². The summed E-state index contributed by atoms with van der Waals surface area (Å²) in [5.74, 6) is 3.21. The van der Waals surface area contributed by atoms with E-state index in [9.17, 15) is 0 Å². The highest BCUT2D eigenvalue weighted by molar-refractivity contribution is 7.98. The number of fused-ring (bicyclic) bond motifs is 1. The molecule has 5 rings (SSSR count). The Kier molecular flexibility index (Phi) is 4.37. The summed E-state index contributed by atoms with van der Waals surface area (Å²) in [6.07, 6.45) is 5.16. The van der Waals surface area contributed by atoms with Gasteiger partial charge in [0.1, 0.15) is 0 Å². The zero-order valence-electron chi connectivity index (χ0n) is 14.7. The zero-order chi connectivity index (χ0) is 18.2. The van der Waals surface area contributed by atoms with Gasteiger partial charge in [0.25, 0.3) is 11.1 Å². The van der Waals surface area contributed by atoms with Crippen LogP contribution >= 0.6 is 23.1 Å². The maximum Gasteiger partial charge on any atom is 0.277 e. The number of hydrogen-bond donors (Lipinski definition) is 0. The number of aryl methyl sites for hydroxylation is 1. The van der Waals surface area contributed by atoms with E-state index < -0.39 is 0 Å². The summed E-state index contributed by atoms with van der Waals surface area (Å²) < 4.78 is 16.5. The molecule has 0 N–H and O–H groups in total. The fourth-order valence-corrected chi connectivity index (χ4v) is 5.00. The van der Waals surface area contributed by atoms with Crippen molar-refractivity contribution in [2.24, 2.45) is 5.92 Å². The highest BCUT2D eigenvalue weighted by atomic mass is 32.2. The Balaban J connectivity index is 1.26. The Morgan fingerprint density at radius 2 is 2.22 bits per heavy atom. The van der Waals surface area contributed by atoms with Gasteiger partial charge in [-0.25, -0.2) is 0 Å². The SMILES string of the molecule is CC1CCc2sc(-c3nnc(SCc4cc(-c5ccco5)on4)o3)cc2C1. The van der Waals surface area contributed by atoms with Gasteiger partial charge in [0.15, 0.2) is 5.76 Å². The van der Waals surface area contributed by atoms with Crippen molar-refractivity contribution in [2.45, 2.75) is 37.2 Å². The third-order valence-electron chi connectivity index (χ3n) is 4.61. The minimum Gasteiger partial charge on any atom is -0.461 e. The van der Waals surface area contributed by atoms with E-state index in [1.165, 1.54) is 28.6 Å². The van der Waals surface area contributed by atoms with E-state index in [0.29, 0.717) is 28.4 Å². The molecule has 4 aromatic heterocycles. The van der Waals surface area contributed by atoms with Gasteiger partial charge in [0, 0.05) is 16.7 Å². The Morgan fingerprint density at radius 1 is 1.26 bits per heavy atom. The molecule has 0 aliphatic heterocycles. The summed E-state index contributed by atoms with van der Waals surface area (Å²) in [7, 11) is 0. The van der Waals surface area contributed by atoms with Crippen LogP contribution < -0.4 is 0 Å². The first-order valence-electron chi connectivity index (χ1n) is 8.82. The third kappa shape index (κ3) is 3.46. The van der Waals surface area contributed by atoms with Gasteiger partial charge in [-0.05, 0) is 48.9 Å². The Morgan fingerprint density at radius 3 is 3.11 bits per heavy atom. The zero-order valence-corrected chi connectivity index (χ0v) is 16.3. The lowest BCUT2D eigenvalue weighted by atomic mass is 9.90. The van der Waals surface area contributed by atoms with E-state index in [1.807, 2.05) is 18.2 Å². The molecule has 0 saturated carbocycles. The third-order valence-corrected chi connectivity index (χ3v) is 6.69. The van der Waals surface area contributed by atoms with Crippen LogP contribution in [0.2, 0.25) is 0 Å². The lowest BCUT2D eigenvalue weighted by Crippen LogP contribution is -2.07. The summed E-state index contributed by atoms with van der Waals surface area (Å²) in [5.41, 5.74) is 2.24. The van der Waals surface area contributed by atoms with Gasteiger partial charge in [-0.15, -0.1) is 21.5 Å². The molecule has 0 fully saturated rings. The average Bonchev–Trinajstić information content (AvgIpc) is 3.45. The standard InChI is InChI=1S/C19H17N3O3S2/c1-11-4-5-16-12(7-11)8-17(27-16)18-20-21-19(24-18)26-10-13-9-15(25-22-13)14-3-2-6-23-14/h2-3,6,8-9,11H,4-5,7,10H2,1H3. The van der Waals surface area contributed by atoms with E-state index in [1.54, 1.807) is 17.6 Å². The summed E-state index contributed by atoms with van der Waals surface area (Å²) in [4.78, 5) is 2.53. The summed E-state index contributed by atoms with van der Waals surface area (Å²) >= 11 is 3.22. The van der Waals surface area contributed by atoms with Gasteiger partial charge in [0.2, 0.25) is 5.76 Å². The fraction of sp³-hybridized carbons (Fsp3) is 0.316. The molecule has 1 aliphatic carbocycles. The molecule has 8 heteroatoms. The molecule has 1 aliphatic rings. The molecule has 138 valence electrons. The number of hydrogen-bond acceptors (Lipinski definition) is 8. The lowest BCUT2D eigenvalue weighted by Gasteiger charge is -2.16. The van der Waals surface area contributed by atoms with Crippen LogP contribution in [-0.2, 0) is 18.6 Å². The monoisotopic (exact) mass is 399 g/mol. The van der Waals surface area contributed by atoms with Crippen molar-refractivity contribution >= 4 is 23.1 Å². The van der Waals surface area contributed by atoms with E-state index >= 15 is 0 Å². The number of rotatable bonds is 5. The van der Waals surface area contributed by atoms with Crippen LogP contribution in [0.25, 0.3) is 22.3 Å². The number of furan rings is 1. The Labute approximate surface area is 164 Å². The first kappa shape index (κ1) is 16.8. The molecule has 27 heavy (non-hydrogen) atoms. The van der Waals surface area contributed by atoms with Crippen LogP contribution in [0.15, 0.2) is 49.1 Å². The summed E-state index contributed by atoms with van der Waals surface area (Å²) in [6.45, 7) is 2.31. The van der Waals surface area contributed by atoms with Gasteiger partial charge >= 0.3 is 0 Å². The predicted octanol–water partition coefficient (Wildman–Crippen LogP) is 5.46. The molecule has 1 unspecified atom stereocenters. The van der Waals surface area contributed by atoms with E-state index in [2.05, 4.69) is 28.3 Å². The fourth-order valence-electron chi connectivity index (χ4n) is 3.23. The van der Waals surface area contributed by atoms with Crippen LogP contribution in [-0.4, -0.2) is 15.4 Å². The Hall–Kier alpha value is -2.32. The predicted molar refractivity (Wildman–Crippen MR) is 103 cm³/mol. The van der Waals surface area contributed by atoms with Gasteiger partial charge in [-0.3, -0.25) is 0 Å². The molecule has 0 amide bonds. The average molecular weight is 399 g/mol. The molecule has 0 aromatic carbocycles. The largest absolute Gasteiger partial charge is 0.461 e. The smallest absolute Gasteiger partial charge is 0.277 e. The molecule has 0 bridgehead atoms. The van der Waals surface area contributed by atoms with Gasteiger partial charge in [0.05, 0.1) is 16.8 Å². The quantitative estimate of drug-likeness (QED) is 0.412. The normalized spacial score (nSPS) is 16.6. The lowest BCUT2D eigenvalue weighted by molar-refractivity contribution is 0.413. The van der Waals surface area contributed by atoms with Gasteiger partial charge < -0.3 is 13.4 Å². The highest BCUT2D eigenvalue weighted by Crippen LogP contribution is 2.37. The number of thiophene rings is 1. The van der Waals surface area contributed by atoms with Crippen LogP contribution in [0.1, 0.15) is 29.5 Å². The molecule has 0 radical (unpaired) electrons. The number of thioether (sulfide) groups is 1. The molecule has 4 heterocycles. The molecule has 1 atom stereocenters. The summed E-state index contributed by atoms with van der Waals surface area (Å²) in [5, 5.41) is 13.0. The summed E-state index contributed by atoms with van der Waals surface area (Å²) in [6, 6.07) is 7.72. The Bertz CT molecular complexity index is 1050.